The third-order valence-electron chi connectivity index (χ3n) is 3.83. The Hall–Kier alpha value is 0.650. The van der Waals surface area contributed by atoms with Gasteiger partial charge in [-0.25, -0.2) is 0 Å². The number of hydrogen-bond acceptors (Lipinski definition) is 2. The molecule has 1 atom stereocenters. The average molecular weight is 309 g/mol. The van der Waals surface area contributed by atoms with E-state index < -0.39 is 0 Å². The van der Waals surface area contributed by atoms with Crippen LogP contribution in [0.4, 0.5) is 0 Å². The van der Waals surface area contributed by atoms with Crippen molar-refractivity contribution in [2.75, 3.05) is 31.1 Å². The molecule has 0 N–H and O–H groups in total. The molecule has 2 saturated heterocycles. The van der Waals surface area contributed by atoms with Crippen LogP contribution in [0.3, 0.4) is 0 Å². The molecule has 2 aliphatic rings. The van der Waals surface area contributed by atoms with Gasteiger partial charge in [0.2, 0.25) is 0 Å². The molecular formula is C11H22IN2-. The molecule has 0 bridgehead atoms. The van der Waals surface area contributed by atoms with E-state index >= 15 is 0 Å². The van der Waals surface area contributed by atoms with E-state index in [4.69, 9.17) is 0 Å². The molecule has 3 heteroatoms. The van der Waals surface area contributed by atoms with Gasteiger partial charge in [0.05, 0.1) is 0 Å². The standard InChI is InChI=1S/C11H22IN2/c1-10(2)13-6-4-11(8-13)5-7-14(9-11)12-3/h10H,4-9H2,1-3H3/q-1. The SMILES string of the molecule is C[I-]N1CCC2(CCN(C(C)C)C2)C1. The van der Waals surface area contributed by atoms with Crippen molar-refractivity contribution in [2.45, 2.75) is 32.7 Å². The first-order valence-electron chi connectivity index (χ1n) is 5.64. The summed E-state index contributed by atoms with van der Waals surface area (Å²) in [6.45, 7) is 10.2. The molecule has 0 radical (unpaired) electrons. The van der Waals surface area contributed by atoms with Crippen molar-refractivity contribution in [3.63, 3.8) is 0 Å². The summed E-state index contributed by atoms with van der Waals surface area (Å²) in [5.74, 6) is 0. The molecule has 14 heavy (non-hydrogen) atoms. The van der Waals surface area contributed by atoms with Crippen LogP contribution in [0.25, 0.3) is 0 Å². The zero-order valence-corrected chi connectivity index (χ0v) is 11.7. The molecule has 2 rings (SSSR count). The van der Waals surface area contributed by atoms with Gasteiger partial charge in [0.15, 0.2) is 0 Å². The average Bonchev–Trinajstić information content (AvgIpc) is 2.74. The van der Waals surface area contributed by atoms with Gasteiger partial charge < -0.3 is 0 Å². The van der Waals surface area contributed by atoms with Crippen molar-refractivity contribution in [3.05, 3.63) is 0 Å². The second-order valence-corrected chi connectivity index (χ2v) is 7.41. The topological polar surface area (TPSA) is 6.48 Å². The van der Waals surface area contributed by atoms with Crippen LogP contribution >= 0.6 is 0 Å². The van der Waals surface area contributed by atoms with E-state index in [2.05, 4.69) is 26.8 Å². The van der Waals surface area contributed by atoms with E-state index in [1.54, 1.807) is 0 Å². The van der Waals surface area contributed by atoms with Crippen LogP contribution in [-0.4, -0.2) is 45.2 Å². The fourth-order valence-corrected chi connectivity index (χ4v) is 4.56. The number of alkyl halides is 1. The Balaban J connectivity index is 1.94. The number of nitrogens with zero attached hydrogens (tertiary/aromatic N) is 2. The Morgan fingerprint density at radius 2 is 1.86 bits per heavy atom. The van der Waals surface area contributed by atoms with Crippen molar-refractivity contribution >= 4 is 0 Å². The molecule has 2 nitrogen and oxygen atoms in total. The minimum absolute atomic E-state index is 0.344. The zero-order valence-electron chi connectivity index (χ0n) is 9.59. The van der Waals surface area contributed by atoms with Crippen molar-refractivity contribution in [3.8, 4) is 0 Å². The molecule has 1 spiro atoms. The summed E-state index contributed by atoms with van der Waals surface area (Å²) in [6.07, 6.45) is 2.91. The first-order valence-corrected chi connectivity index (χ1v) is 8.76. The van der Waals surface area contributed by atoms with Crippen LogP contribution in [0.1, 0.15) is 26.7 Å². The van der Waals surface area contributed by atoms with Gasteiger partial charge in [-0.2, -0.15) is 0 Å². The molecule has 2 aliphatic heterocycles. The van der Waals surface area contributed by atoms with Crippen LogP contribution in [0.15, 0.2) is 0 Å². The maximum absolute atomic E-state index is 2.72. The van der Waals surface area contributed by atoms with Crippen LogP contribution in [0.2, 0.25) is 0 Å². The van der Waals surface area contributed by atoms with Crippen molar-refractivity contribution in [1.82, 2.24) is 8.01 Å². The van der Waals surface area contributed by atoms with Crippen molar-refractivity contribution in [1.29, 1.82) is 0 Å². The summed E-state index contributed by atoms with van der Waals surface area (Å²) in [5.41, 5.74) is 0.694. The van der Waals surface area contributed by atoms with Crippen LogP contribution < -0.4 is 21.5 Å². The van der Waals surface area contributed by atoms with Gasteiger partial charge in [-0.15, -0.1) is 0 Å². The predicted octanol–water partition coefficient (Wildman–Crippen LogP) is -1.57. The Bertz CT molecular complexity index is 207. The van der Waals surface area contributed by atoms with Crippen LogP contribution in [-0.2, 0) is 0 Å². The van der Waals surface area contributed by atoms with Gasteiger partial charge in [0.25, 0.3) is 0 Å². The number of halogens is 1. The van der Waals surface area contributed by atoms with Crippen LogP contribution in [0, 0.1) is 5.41 Å². The summed E-state index contributed by atoms with van der Waals surface area (Å²) in [6, 6.07) is 0.750. The first kappa shape index (κ1) is 11.1. The molecule has 0 aliphatic carbocycles. The first-order chi connectivity index (χ1) is 6.65. The number of hydrogen-bond donors (Lipinski definition) is 0. The van der Waals surface area contributed by atoms with Gasteiger partial charge >= 0.3 is 98.7 Å². The van der Waals surface area contributed by atoms with E-state index in [9.17, 15) is 0 Å². The second-order valence-electron chi connectivity index (χ2n) is 5.08. The zero-order chi connectivity index (χ0) is 10.2. The molecule has 0 saturated carbocycles. The van der Waals surface area contributed by atoms with E-state index in [1.807, 2.05) is 0 Å². The maximum atomic E-state index is 2.72. The second kappa shape index (κ2) is 4.26. The number of likely N-dealkylation sites (tertiary alicyclic amines) is 1. The molecule has 2 heterocycles. The molecule has 1 unspecified atom stereocenters. The summed E-state index contributed by atoms with van der Waals surface area (Å²) >= 11 is 0.344. The third-order valence-corrected chi connectivity index (χ3v) is 6.02. The fourth-order valence-electron chi connectivity index (χ4n) is 2.77. The van der Waals surface area contributed by atoms with E-state index in [0.29, 0.717) is 26.9 Å². The van der Waals surface area contributed by atoms with Crippen LogP contribution in [0.5, 0.6) is 0 Å². The summed E-state index contributed by atoms with van der Waals surface area (Å²) in [7, 11) is 0. The number of rotatable bonds is 2. The van der Waals surface area contributed by atoms with E-state index in [1.165, 1.54) is 39.0 Å². The summed E-state index contributed by atoms with van der Waals surface area (Å²) in [5, 5.41) is 0. The van der Waals surface area contributed by atoms with Gasteiger partial charge in [0.1, 0.15) is 0 Å². The van der Waals surface area contributed by atoms with E-state index in [0.717, 1.165) is 6.04 Å². The Morgan fingerprint density at radius 3 is 2.36 bits per heavy atom. The molecule has 0 aromatic heterocycles. The molecule has 2 fully saturated rings. The van der Waals surface area contributed by atoms with Gasteiger partial charge in [0, 0.05) is 0 Å². The minimum atomic E-state index is 0.344. The van der Waals surface area contributed by atoms with Crippen molar-refractivity contribution < 1.29 is 21.5 Å². The van der Waals surface area contributed by atoms with Gasteiger partial charge in [-0.1, -0.05) is 0 Å². The fraction of sp³-hybridized carbons (Fsp3) is 1.00. The van der Waals surface area contributed by atoms with Gasteiger partial charge in [-0.3, -0.25) is 0 Å². The van der Waals surface area contributed by atoms with Gasteiger partial charge in [-0.05, 0) is 0 Å². The Morgan fingerprint density at radius 1 is 1.14 bits per heavy atom. The molecule has 0 amide bonds. The monoisotopic (exact) mass is 309 g/mol. The molecule has 84 valence electrons. The molecular weight excluding hydrogens is 287 g/mol. The Labute approximate surface area is 98.6 Å². The third kappa shape index (κ3) is 2.09. The Kier molecular flexibility index (Phi) is 3.39. The van der Waals surface area contributed by atoms with E-state index in [-0.39, 0.29) is 0 Å². The quantitative estimate of drug-likeness (QED) is 0.345. The summed E-state index contributed by atoms with van der Waals surface area (Å²) < 4.78 is 2.72. The summed E-state index contributed by atoms with van der Waals surface area (Å²) in [4.78, 5) is 5.06. The van der Waals surface area contributed by atoms with Crippen molar-refractivity contribution in [2.24, 2.45) is 5.41 Å². The molecule has 0 aromatic carbocycles. The molecule has 0 aromatic rings. The predicted molar refractivity (Wildman–Crippen MR) is 55.9 cm³/mol. The normalized spacial score (nSPS) is 35.4.